The van der Waals surface area contributed by atoms with Gasteiger partial charge in [-0.05, 0) is 35.2 Å². The second kappa shape index (κ2) is 4.91. The molecule has 2 unspecified atom stereocenters. The number of Topliss-reactive ketones (excluding diaryl/α,β-unsaturated/α-hetero) is 1. The Morgan fingerprint density at radius 1 is 1.67 bits per heavy atom. The maximum atomic E-state index is 11.8. The molecule has 0 bridgehead atoms. The molecule has 5 heteroatoms. The molecular formula is C13H13NO3S. The molecule has 2 atom stereocenters. The molecule has 1 aliphatic rings. The van der Waals surface area contributed by atoms with E-state index in [1.807, 2.05) is 16.8 Å². The van der Waals surface area contributed by atoms with Crippen molar-refractivity contribution in [1.82, 2.24) is 0 Å². The van der Waals surface area contributed by atoms with Crippen LogP contribution in [-0.2, 0) is 19.7 Å². The standard InChI is InChI=1S/C13H13NO3S/c1-17-12(16)10-6-13(8-14,4-2-11(10)15)9-3-5-18-7-9/h3,5,7,10H,2,4,6H2,1H3. The van der Waals surface area contributed by atoms with Crippen LogP contribution in [-0.4, -0.2) is 18.9 Å². The Labute approximate surface area is 109 Å². The van der Waals surface area contributed by atoms with Gasteiger partial charge in [0, 0.05) is 6.42 Å². The van der Waals surface area contributed by atoms with E-state index in [1.54, 1.807) is 0 Å². The number of hydrogen-bond donors (Lipinski definition) is 0. The normalized spacial score (nSPS) is 27.6. The third-order valence-electron chi connectivity index (χ3n) is 3.51. The average Bonchev–Trinajstić information content (AvgIpc) is 2.93. The molecule has 1 aromatic heterocycles. The Kier molecular flexibility index (Phi) is 3.48. The van der Waals surface area contributed by atoms with Crippen molar-refractivity contribution in [2.45, 2.75) is 24.7 Å². The Bertz CT molecular complexity index is 495. The minimum Gasteiger partial charge on any atom is -0.468 e. The Morgan fingerprint density at radius 3 is 3.00 bits per heavy atom. The maximum Gasteiger partial charge on any atom is 0.316 e. The molecule has 4 nitrogen and oxygen atoms in total. The summed E-state index contributed by atoms with van der Waals surface area (Å²) in [4.78, 5) is 23.4. The van der Waals surface area contributed by atoms with Gasteiger partial charge < -0.3 is 4.74 Å². The predicted octanol–water partition coefficient (Wildman–Crippen LogP) is 2.05. The first-order valence-electron chi connectivity index (χ1n) is 5.67. The van der Waals surface area contributed by atoms with E-state index < -0.39 is 17.3 Å². The van der Waals surface area contributed by atoms with Crippen molar-refractivity contribution in [3.8, 4) is 6.07 Å². The lowest BCUT2D eigenvalue weighted by Gasteiger charge is -2.33. The van der Waals surface area contributed by atoms with E-state index in [0.717, 1.165) is 5.56 Å². The molecule has 1 fully saturated rings. The molecule has 2 rings (SSSR count). The highest BCUT2D eigenvalue weighted by Crippen LogP contribution is 2.41. The highest BCUT2D eigenvalue weighted by atomic mass is 32.1. The number of carbonyl (C=O) groups excluding carboxylic acids is 2. The van der Waals surface area contributed by atoms with Crippen molar-refractivity contribution in [2.24, 2.45) is 5.92 Å². The first-order valence-corrected chi connectivity index (χ1v) is 6.62. The van der Waals surface area contributed by atoms with Gasteiger partial charge in [0.25, 0.3) is 0 Å². The molecule has 0 spiro atoms. The summed E-state index contributed by atoms with van der Waals surface area (Å²) in [7, 11) is 1.27. The van der Waals surface area contributed by atoms with Crippen molar-refractivity contribution in [3.05, 3.63) is 22.4 Å². The van der Waals surface area contributed by atoms with Gasteiger partial charge in [0.1, 0.15) is 11.7 Å². The third kappa shape index (κ3) is 2.04. The summed E-state index contributed by atoms with van der Waals surface area (Å²) in [6.45, 7) is 0. The number of thiophene rings is 1. The first kappa shape index (κ1) is 12.8. The van der Waals surface area contributed by atoms with Crippen LogP contribution in [0, 0.1) is 17.2 Å². The number of methoxy groups -OCH3 is 1. The van der Waals surface area contributed by atoms with Crippen LogP contribution in [0.2, 0.25) is 0 Å². The van der Waals surface area contributed by atoms with Crippen LogP contribution in [0.25, 0.3) is 0 Å². The van der Waals surface area contributed by atoms with Crippen LogP contribution in [0.15, 0.2) is 16.8 Å². The fraction of sp³-hybridized carbons (Fsp3) is 0.462. The lowest BCUT2D eigenvalue weighted by Crippen LogP contribution is -2.40. The summed E-state index contributed by atoms with van der Waals surface area (Å²) in [5.74, 6) is -1.46. The lowest BCUT2D eigenvalue weighted by molar-refractivity contribution is -0.151. The molecule has 1 saturated carbocycles. The third-order valence-corrected chi connectivity index (χ3v) is 4.20. The minimum absolute atomic E-state index is 0.122. The second-order valence-electron chi connectivity index (χ2n) is 4.45. The maximum absolute atomic E-state index is 11.8. The minimum atomic E-state index is -0.803. The highest BCUT2D eigenvalue weighted by Gasteiger charge is 2.45. The van der Waals surface area contributed by atoms with Crippen LogP contribution in [0.4, 0.5) is 0 Å². The molecule has 94 valence electrons. The zero-order valence-electron chi connectivity index (χ0n) is 10.0. The van der Waals surface area contributed by atoms with E-state index in [-0.39, 0.29) is 18.6 Å². The molecule has 0 N–H and O–H groups in total. The number of carbonyl (C=O) groups is 2. The molecule has 0 aliphatic heterocycles. The monoisotopic (exact) mass is 263 g/mol. The molecule has 1 aromatic rings. The van der Waals surface area contributed by atoms with Gasteiger partial charge in [0.05, 0.1) is 18.6 Å². The van der Waals surface area contributed by atoms with E-state index in [9.17, 15) is 14.9 Å². The summed E-state index contributed by atoms with van der Waals surface area (Å²) in [5, 5.41) is 13.3. The number of hydrogen-bond acceptors (Lipinski definition) is 5. The molecule has 0 aromatic carbocycles. The smallest absolute Gasteiger partial charge is 0.316 e. The van der Waals surface area contributed by atoms with Crippen molar-refractivity contribution >= 4 is 23.1 Å². The summed E-state index contributed by atoms with van der Waals surface area (Å²) in [6.07, 6.45) is 0.960. The molecule has 0 saturated heterocycles. The zero-order chi connectivity index (χ0) is 13.2. The summed E-state index contributed by atoms with van der Waals surface area (Å²) >= 11 is 1.51. The molecule has 1 aliphatic carbocycles. The first-order chi connectivity index (χ1) is 8.63. The van der Waals surface area contributed by atoms with Crippen molar-refractivity contribution in [2.75, 3.05) is 7.11 Å². The van der Waals surface area contributed by atoms with Crippen LogP contribution >= 0.6 is 11.3 Å². The Balaban J connectivity index is 2.33. The number of rotatable bonds is 2. The van der Waals surface area contributed by atoms with Gasteiger partial charge in [-0.25, -0.2) is 0 Å². The molecule has 0 amide bonds. The summed E-state index contributed by atoms with van der Waals surface area (Å²) < 4.78 is 4.65. The number of ketones is 1. The van der Waals surface area contributed by atoms with Gasteiger partial charge in [-0.3, -0.25) is 9.59 Å². The van der Waals surface area contributed by atoms with Crippen LogP contribution < -0.4 is 0 Å². The van der Waals surface area contributed by atoms with E-state index in [4.69, 9.17) is 0 Å². The van der Waals surface area contributed by atoms with E-state index in [2.05, 4.69) is 10.8 Å². The number of esters is 1. The second-order valence-corrected chi connectivity index (χ2v) is 5.23. The lowest BCUT2D eigenvalue weighted by atomic mass is 9.67. The predicted molar refractivity (Wildman–Crippen MR) is 66.0 cm³/mol. The van der Waals surface area contributed by atoms with Gasteiger partial charge in [-0.2, -0.15) is 16.6 Å². The van der Waals surface area contributed by atoms with Gasteiger partial charge >= 0.3 is 5.97 Å². The molecular weight excluding hydrogens is 250 g/mol. The molecule has 18 heavy (non-hydrogen) atoms. The van der Waals surface area contributed by atoms with E-state index in [1.165, 1.54) is 18.4 Å². The number of nitrogens with zero attached hydrogens (tertiary/aromatic N) is 1. The molecule has 0 radical (unpaired) electrons. The largest absolute Gasteiger partial charge is 0.468 e. The fourth-order valence-corrected chi connectivity index (χ4v) is 3.15. The average molecular weight is 263 g/mol. The quantitative estimate of drug-likeness (QED) is 0.605. The van der Waals surface area contributed by atoms with E-state index >= 15 is 0 Å². The molecule has 1 heterocycles. The fourth-order valence-electron chi connectivity index (χ4n) is 2.40. The topological polar surface area (TPSA) is 67.2 Å². The SMILES string of the molecule is COC(=O)C1CC(C#N)(c2ccsc2)CCC1=O. The van der Waals surface area contributed by atoms with E-state index in [0.29, 0.717) is 6.42 Å². The zero-order valence-corrected chi connectivity index (χ0v) is 10.8. The summed E-state index contributed by atoms with van der Waals surface area (Å²) in [5.41, 5.74) is 0.170. The van der Waals surface area contributed by atoms with Crippen LogP contribution in [0.1, 0.15) is 24.8 Å². The highest BCUT2D eigenvalue weighted by molar-refractivity contribution is 7.08. The van der Waals surface area contributed by atoms with Crippen LogP contribution in [0.3, 0.4) is 0 Å². The number of nitriles is 1. The van der Waals surface area contributed by atoms with Crippen LogP contribution in [0.5, 0.6) is 0 Å². The van der Waals surface area contributed by atoms with Gasteiger partial charge in [0.15, 0.2) is 0 Å². The van der Waals surface area contributed by atoms with Crippen molar-refractivity contribution in [3.63, 3.8) is 0 Å². The van der Waals surface area contributed by atoms with Gasteiger partial charge in [-0.1, -0.05) is 0 Å². The summed E-state index contributed by atoms with van der Waals surface area (Å²) in [6, 6.07) is 4.18. The number of ether oxygens (including phenoxy) is 1. The van der Waals surface area contributed by atoms with Crippen molar-refractivity contribution in [1.29, 1.82) is 5.26 Å². The van der Waals surface area contributed by atoms with Gasteiger partial charge in [-0.15, -0.1) is 0 Å². The Morgan fingerprint density at radius 2 is 2.44 bits per heavy atom. The van der Waals surface area contributed by atoms with Gasteiger partial charge in [0.2, 0.25) is 0 Å². The Hall–Kier alpha value is -1.67. The van der Waals surface area contributed by atoms with Crippen molar-refractivity contribution < 1.29 is 14.3 Å².